The van der Waals surface area contributed by atoms with Crippen LogP contribution in [0.2, 0.25) is 0 Å². The van der Waals surface area contributed by atoms with Crippen LogP contribution in [0.25, 0.3) is 10.2 Å². The fourth-order valence-corrected chi connectivity index (χ4v) is 6.31. The van der Waals surface area contributed by atoms with Gasteiger partial charge in [-0.2, -0.15) is 13.2 Å². The van der Waals surface area contributed by atoms with Crippen molar-refractivity contribution >= 4 is 56.5 Å². The van der Waals surface area contributed by atoms with Gasteiger partial charge in [-0.1, -0.05) is 24.8 Å². The summed E-state index contributed by atoms with van der Waals surface area (Å²) in [5, 5.41) is 5.90. The first kappa shape index (κ1) is 28.2. The number of carbonyl (C=O) groups is 3. The van der Waals surface area contributed by atoms with Crippen LogP contribution in [0.15, 0.2) is 73.4 Å². The molecule has 1 saturated heterocycles. The number of carbonyl (C=O) groups excluding carboxylic acids is 3. The average molecular weight is 608 g/mol. The Morgan fingerprint density at radius 1 is 1.12 bits per heavy atom. The number of urea groups is 1. The van der Waals surface area contributed by atoms with E-state index in [9.17, 15) is 27.6 Å². The molecule has 43 heavy (non-hydrogen) atoms. The van der Waals surface area contributed by atoms with Crippen molar-refractivity contribution in [2.24, 2.45) is 0 Å². The lowest BCUT2D eigenvalue weighted by atomic mass is 10.0. The molecule has 220 valence electrons. The molecule has 0 spiro atoms. The number of alkyl halides is 3. The minimum absolute atomic E-state index is 0.0502. The van der Waals surface area contributed by atoms with Gasteiger partial charge in [-0.3, -0.25) is 14.5 Å². The summed E-state index contributed by atoms with van der Waals surface area (Å²) in [6.45, 7) is 4.38. The van der Waals surface area contributed by atoms with E-state index >= 15 is 0 Å². The molecule has 2 aromatic heterocycles. The standard InChI is InChI=1S/C30H24F3N5O4S/c1-2-23(39)37-14-6-7-17(16-37)35-27(40)26-25-24-22(12-13-34-28(24)43-26)38(29(41)36-25)21-11-10-19(15-20(21)30(31,32)33)42-18-8-4-3-5-9-18/h2-5,8-13,15,17H,1,6-7,14,16H2,(H,35,40)(H,36,41)/t17-/m1/s1. The van der Waals surface area contributed by atoms with Gasteiger partial charge in [0.25, 0.3) is 5.91 Å². The zero-order chi connectivity index (χ0) is 30.3. The zero-order valence-electron chi connectivity index (χ0n) is 22.5. The molecule has 4 aromatic rings. The van der Waals surface area contributed by atoms with Crippen LogP contribution in [0, 0.1) is 0 Å². The lowest BCUT2D eigenvalue weighted by Crippen LogP contribution is -2.49. The molecule has 6 rings (SSSR count). The summed E-state index contributed by atoms with van der Waals surface area (Å²) in [7, 11) is 0. The molecule has 0 unspecified atom stereocenters. The van der Waals surface area contributed by atoms with Crippen LogP contribution in [0.1, 0.15) is 28.1 Å². The van der Waals surface area contributed by atoms with Crippen molar-refractivity contribution < 1.29 is 32.3 Å². The number of hydrogen-bond acceptors (Lipinski definition) is 6. The molecular formula is C30H24F3N5O4S. The summed E-state index contributed by atoms with van der Waals surface area (Å²) >= 11 is 1.02. The Morgan fingerprint density at radius 2 is 1.91 bits per heavy atom. The van der Waals surface area contributed by atoms with Gasteiger partial charge in [0.2, 0.25) is 5.91 Å². The van der Waals surface area contributed by atoms with Gasteiger partial charge in [-0.05, 0) is 55.3 Å². The van der Waals surface area contributed by atoms with Crippen molar-refractivity contribution in [2.45, 2.75) is 25.1 Å². The number of ether oxygens (including phenoxy) is 1. The van der Waals surface area contributed by atoms with E-state index in [2.05, 4.69) is 22.2 Å². The smallest absolute Gasteiger partial charge is 0.418 e. The minimum atomic E-state index is -4.82. The molecule has 1 atom stereocenters. The second kappa shape index (κ2) is 11.1. The Labute approximate surface area is 247 Å². The van der Waals surface area contributed by atoms with Crippen molar-refractivity contribution in [2.75, 3.05) is 23.3 Å². The predicted octanol–water partition coefficient (Wildman–Crippen LogP) is 6.70. The second-order valence-corrected chi connectivity index (χ2v) is 11.0. The Kier molecular flexibility index (Phi) is 7.26. The molecule has 0 saturated carbocycles. The molecule has 1 fully saturated rings. The molecule has 2 aliphatic rings. The number of nitrogens with zero attached hydrogens (tertiary/aromatic N) is 3. The highest BCUT2D eigenvalue weighted by Crippen LogP contribution is 2.48. The summed E-state index contributed by atoms with van der Waals surface area (Å²) in [5.41, 5.74) is -1.15. The van der Waals surface area contributed by atoms with E-state index in [0.29, 0.717) is 41.9 Å². The van der Waals surface area contributed by atoms with Crippen LogP contribution in [0.4, 0.5) is 35.0 Å². The van der Waals surface area contributed by atoms with E-state index in [1.54, 1.807) is 35.2 Å². The number of amides is 4. The molecule has 4 amide bonds. The van der Waals surface area contributed by atoms with Gasteiger partial charge in [0.05, 0.1) is 28.0 Å². The molecule has 2 N–H and O–H groups in total. The summed E-state index contributed by atoms with van der Waals surface area (Å²) in [5.74, 6) is -0.397. The van der Waals surface area contributed by atoms with Gasteiger partial charge in [0, 0.05) is 25.3 Å². The predicted molar refractivity (Wildman–Crippen MR) is 156 cm³/mol. The second-order valence-electron chi connectivity index (χ2n) is 9.97. The number of pyridine rings is 1. The van der Waals surface area contributed by atoms with Crippen LogP contribution in [0.3, 0.4) is 0 Å². The van der Waals surface area contributed by atoms with Gasteiger partial charge in [0.15, 0.2) is 0 Å². The van der Waals surface area contributed by atoms with Crippen molar-refractivity contribution in [1.29, 1.82) is 0 Å². The van der Waals surface area contributed by atoms with E-state index in [1.807, 2.05) is 0 Å². The van der Waals surface area contributed by atoms with Gasteiger partial charge in [-0.25, -0.2) is 9.78 Å². The quantitative estimate of drug-likeness (QED) is 0.238. The summed E-state index contributed by atoms with van der Waals surface area (Å²) in [4.78, 5) is 46.3. The fraction of sp³-hybridized carbons (Fsp3) is 0.200. The maximum absolute atomic E-state index is 14.4. The van der Waals surface area contributed by atoms with Gasteiger partial charge >= 0.3 is 12.2 Å². The Hall–Kier alpha value is -4.91. The normalized spacial score (nSPS) is 16.5. The Balaban J connectivity index is 1.35. The third-order valence-corrected chi connectivity index (χ3v) is 8.28. The third kappa shape index (κ3) is 5.39. The molecule has 2 aliphatic heterocycles. The number of halogens is 3. The minimum Gasteiger partial charge on any atom is -0.457 e. The van der Waals surface area contributed by atoms with E-state index in [0.717, 1.165) is 22.3 Å². The highest BCUT2D eigenvalue weighted by molar-refractivity contribution is 7.21. The van der Waals surface area contributed by atoms with Gasteiger partial charge in [-0.15, -0.1) is 11.3 Å². The number of thiophene rings is 1. The van der Waals surface area contributed by atoms with Gasteiger partial charge in [0.1, 0.15) is 21.2 Å². The fourth-order valence-electron chi connectivity index (χ4n) is 5.28. The molecule has 0 bridgehead atoms. The third-order valence-electron chi connectivity index (χ3n) is 7.19. The number of hydrogen-bond donors (Lipinski definition) is 2. The number of nitrogens with one attached hydrogen (secondary N) is 2. The van der Waals surface area contributed by atoms with Crippen LogP contribution in [-0.2, 0) is 11.0 Å². The van der Waals surface area contributed by atoms with Crippen molar-refractivity contribution in [3.63, 3.8) is 0 Å². The SMILES string of the molecule is C=CC(=O)N1CCC[C@@H](NC(=O)c2sc3nccc4c3c2NC(=O)N4c2ccc(Oc3ccccc3)cc2C(F)(F)F)C1. The highest BCUT2D eigenvalue weighted by Gasteiger charge is 2.40. The number of likely N-dealkylation sites (tertiary alicyclic amines) is 1. The molecule has 0 radical (unpaired) electrons. The highest BCUT2D eigenvalue weighted by atomic mass is 32.1. The number of rotatable bonds is 6. The molecule has 9 nitrogen and oxygen atoms in total. The summed E-state index contributed by atoms with van der Waals surface area (Å²) < 4.78 is 48.7. The van der Waals surface area contributed by atoms with E-state index < -0.39 is 29.4 Å². The van der Waals surface area contributed by atoms with E-state index in [-0.39, 0.29) is 34.0 Å². The Bertz CT molecular complexity index is 1760. The molecule has 0 aliphatic carbocycles. The average Bonchev–Trinajstić information content (AvgIpc) is 3.37. The number of benzene rings is 2. The lowest BCUT2D eigenvalue weighted by molar-refractivity contribution is -0.137. The largest absolute Gasteiger partial charge is 0.457 e. The first-order chi connectivity index (χ1) is 20.6. The molecular weight excluding hydrogens is 583 g/mol. The van der Waals surface area contributed by atoms with Crippen LogP contribution in [-0.4, -0.2) is 46.9 Å². The maximum atomic E-state index is 14.4. The number of aromatic nitrogens is 1. The van der Waals surface area contributed by atoms with Crippen molar-refractivity contribution in [3.05, 3.63) is 83.9 Å². The van der Waals surface area contributed by atoms with Gasteiger partial charge < -0.3 is 20.3 Å². The number of piperidine rings is 1. The molecule has 2 aromatic carbocycles. The Morgan fingerprint density at radius 3 is 2.65 bits per heavy atom. The summed E-state index contributed by atoms with van der Waals surface area (Å²) in [6.07, 6.45) is -0.870. The van der Waals surface area contributed by atoms with Crippen molar-refractivity contribution in [1.82, 2.24) is 15.2 Å². The molecule has 4 heterocycles. The molecule has 13 heteroatoms. The lowest BCUT2D eigenvalue weighted by Gasteiger charge is -2.32. The van der Waals surface area contributed by atoms with Crippen molar-refractivity contribution in [3.8, 4) is 11.5 Å². The topological polar surface area (TPSA) is 104 Å². The zero-order valence-corrected chi connectivity index (χ0v) is 23.3. The summed E-state index contributed by atoms with van der Waals surface area (Å²) in [6, 6.07) is 12.0. The first-order valence-corrected chi connectivity index (χ1v) is 14.1. The monoisotopic (exact) mass is 607 g/mol. The number of para-hydroxylation sites is 1. The van der Waals surface area contributed by atoms with Crippen LogP contribution >= 0.6 is 11.3 Å². The number of anilines is 3. The van der Waals surface area contributed by atoms with E-state index in [1.165, 1.54) is 30.5 Å². The van der Waals surface area contributed by atoms with Crippen LogP contribution in [0.5, 0.6) is 11.5 Å². The van der Waals surface area contributed by atoms with E-state index in [4.69, 9.17) is 4.74 Å². The van der Waals surface area contributed by atoms with Crippen LogP contribution < -0.4 is 20.3 Å². The maximum Gasteiger partial charge on any atom is 0.418 e. The first-order valence-electron chi connectivity index (χ1n) is 13.3.